The van der Waals surface area contributed by atoms with Crippen molar-refractivity contribution >= 4 is 44.1 Å². The molecule has 0 N–H and O–H groups in total. The number of para-hydroxylation sites is 2. The fourth-order valence-corrected chi connectivity index (χ4v) is 5.08. The summed E-state index contributed by atoms with van der Waals surface area (Å²) in [4.78, 5) is 31.9. The third kappa shape index (κ3) is 4.52. The van der Waals surface area contributed by atoms with Crippen LogP contribution in [0, 0.1) is 6.92 Å². The van der Waals surface area contributed by atoms with Gasteiger partial charge in [0.15, 0.2) is 6.61 Å². The van der Waals surface area contributed by atoms with Crippen molar-refractivity contribution in [1.29, 1.82) is 0 Å². The topological polar surface area (TPSA) is 96.9 Å². The van der Waals surface area contributed by atoms with Crippen LogP contribution >= 0.6 is 0 Å². The van der Waals surface area contributed by atoms with E-state index < -0.39 is 15.9 Å². The largest absolute Gasteiger partial charge is 0.482 e. The number of rotatable bonds is 5. The lowest BCUT2D eigenvalue weighted by Gasteiger charge is -2.29. The molecule has 182 valence electrons. The third-order valence-electron chi connectivity index (χ3n) is 5.91. The van der Waals surface area contributed by atoms with Crippen LogP contribution in [0.25, 0.3) is 10.9 Å². The summed E-state index contributed by atoms with van der Waals surface area (Å²) in [5.74, 6) is -0.206. The molecule has 4 aromatic rings. The van der Waals surface area contributed by atoms with E-state index in [-0.39, 0.29) is 23.8 Å². The van der Waals surface area contributed by atoms with Gasteiger partial charge in [0.25, 0.3) is 11.8 Å². The van der Waals surface area contributed by atoms with Gasteiger partial charge in [0.1, 0.15) is 5.75 Å². The number of ether oxygens (including phenoxy) is 1. The maximum absolute atomic E-state index is 13.3. The molecular formula is C27H23N3O5S. The summed E-state index contributed by atoms with van der Waals surface area (Å²) < 4.78 is 31.6. The Balaban J connectivity index is 1.42. The van der Waals surface area contributed by atoms with Gasteiger partial charge in [-0.2, -0.15) is 0 Å². The highest BCUT2D eigenvalue weighted by Gasteiger charge is 2.28. The second-order valence-corrected chi connectivity index (χ2v) is 10.4. The average Bonchev–Trinajstić information content (AvgIpc) is 2.85. The first kappa shape index (κ1) is 23.5. The molecule has 2 amide bonds. The third-order valence-corrected chi connectivity index (χ3v) is 6.95. The Bertz CT molecular complexity index is 1600. The molecule has 0 unspecified atom stereocenters. The van der Waals surface area contributed by atoms with Gasteiger partial charge >= 0.3 is 0 Å². The molecule has 2 heterocycles. The van der Waals surface area contributed by atoms with Crippen LogP contribution in [0.15, 0.2) is 78.9 Å². The van der Waals surface area contributed by atoms with Gasteiger partial charge in [0, 0.05) is 16.6 Å². The first-order chi connectivity index (χ1) is 17.2. The second-order valence-electron chi connectivity index (χ2n) is 8.60. The van der Waals surface area contributed by atoms with Crippen LogP contribution in [0.5, 0.6) is 5.75 Å². The molecule has 36 heavy (non-hydrogen) atoms. The number of anilines is 2. The molecule has 0 aliphatic carbocycles. The SMILES string of the molecule is Cc1ccc2cc(N(C(=O)c3ccc(CN4C(=O)COc5ccccc54)cc3)S(C)(=O)=O)ccc2n1. The molecule has 8 nitrogen and oxygen atoms in total. The average molecular weight is 502 g/mol. The van der Waals surface area contributed by atoms with Crippen molar-refractivity contribution in [2.75, 3.05) is 22.1 Å². The number of carbonyl (C=O) groups is 2. The second kappa shape index (κ2) is 9.09. The summed E-state index contributed by atoms with van der Waals surface area (Å²) in [5.41, 5.74) is 3.46. The van der Waals surface area contributed by atoms with Crippen molar-refractivity contribution in [2.45, 2.75) is 13.5 Å². The molecule has 1 aliphatic rings. The predicted octanol–water partition coefficient (Wildman–Crippen LogP) is 4.08. The number of carbonyl (C=O) groups excluding carboxylic acids is 2. The van der Waals surface area contributed by atoms with E-state index in [4.69, 9.17) is 4.74 Å². The van der Waals surface area contributed by atoms with E-state index in [0.29, 0.717) is 23.5 Å². The monoisotopic (exact) mass is 501 g/mol. The fourth-order valence-electron chi connectivity index (χ4n) is 4.18. The molecule has 0 bridgehead atoms. The summed E-state index contributed by atoms with van der Waals surface area (Å²) in [6.07, 6.45) is 0.998. The Labute approximate surface area is 208 Å². The van der Waals surface area contributed by atoms with Crippen molar-refractivity contribution in [3.05, 3.63) is 95.7 Å². The highest BCUT2D eigenvalue weighted by molar-refractivity contribution is 7.92. The number of pyridine rings is 1. The van der Waals surface area contributed by atoms with E-state index in [2.05, 4.69) is 4.98 Å². The molecule has 0 saturated carbocycles. The van der Waals surface area contributed by atoms with Crippen LogP contribution in [0.2, 0.25) is 0 Å². The smallest absolute Gasteiger partial charge is 0.272 e. The lowest BCUT2D eigenvalue weighted by molar-refractivity contribution is -0.121. The summed E-state index contributed by atoms with van der Waals surface area (Å²) in [6.45, 7) is 2.12. The van der Waals surface area contributed by atoms with Crippen molar-refractivity contribution in [1.82, 2.24) is 4.98 Å². The Morgan fingerprint density at radius 2 is 1.78 bits per heavy atom. The number of aromatic nitrogens is 1. The zero-order valence-corrected chi connectivity index (χ0v) is 20.5. The normalized spacial score (nSPS) is 13.3. The van der Waals surface area contributed by atoms with Crippen LogP contribution < -0.4 is 13.9 Å². The molecular weight excluding hydrogens is 478 g/mol. The number of benzene rings is 3. The van der Waals surface area contributed by atoms with Gasteiger partial charge in [-0.05, 0) is 61.0 Å². The van der Waals surface area contributed by atoms with E-state index in [9.17, 15) is 18.0 Å². The van der Waals surface area contributed by atoms with E-state index in [0.717, 1.165) is 27.2 Å². The molecule has 0 atom stereocenters. The Morgan fingerprint density at radius 1 is 1.03 bits per heavy atom. The van der Waals surface area contributed by atoms with E-state index >= 15 is 0 Å². The van der Waals surface area contributed by atoms with Gasteiger partial charge < -0.3 is 9.64 Å². The zero-order chi connectivity index (χ0) is 25.4. The quantitative estimate of drug-likeness (QED) is 0.409. The Kier molecular flexibility index (Phi) is 5.93. The van der Waals surface area contributed by atoms with Crippen LogP contribution in [0.3, 0.4) is 0 Å². The maximum Gasteiger partial charge on any atom is 0.272 e. The van der Waals surface area contributed by atoms with E-state index in [1.165, 1.54) is 0 Å². The molecule has 5 rings (SSSR count). The minimum atomic E-state index is -3.92. The zero-order valence-electron chi connectivity index (χ0n) is 19.7. The van der Waals surface area contributed by atoms with Gasteiger partial charge in [-0.3, -0.25) is 14.6 Å². The van der Waals surface area contributed by atoms with Crippen molar-refractivity contribution in [3.8, 4) is 5.75 Å². The van der Waals surface area contributed by atoms with Gasteiger partial charge in [-0.25, -0.2) is 12.7 Å². The molecule has 0 spiro atoms. The van der Waals surface area contributed by atoms with Crippen LogP contribution in [0.1, 0.15) is 21.6 Å². The summed E-state index contributed by atoms with van der Waals surface area (Å²) in [5, 5.41) is 0.727. The lowest BCUT2D eigenvalue weighted by Crippen LogP contribution is -2.38. The molecule has 0 saturated heterocycles. The van der Waals surface area contributed by atoms with Crippen molar-refractivity contribution in [2.24, 2.45) is 0 Å². The Morgan fingerprint density at radius 3 is 2.53 bits per heavy atom. The van der Waals surface area contributed by atoms with Gasteiger partial charge in [-0.15, -0.1) is 0 Å². The Hall–Kier alpha value is -4.24. The minimum Gasteiger partial charge on any atom is -0.482 e. The standard InChI is InChI=1S/C27H23N3O5S/c1-18-7-10-21-15-22(13-14-23(21)28-18)30(36(2,33)34)27(32)20-11-8-19(9-12-20)16-29-24-5-3-4-6-25(24)35-17-26(29)31/h3-15H,16-17H2,1-2H3. The van der Waals surface area contributed by atoms with Crippen LogP contribution in [0.4, 0.5) is 11.4 Å². The lowest BCUT2D eigenvalue weighted by atomic mass is 10.1. The summed E-state index contributed by atoms with van der Waals surface area (Å²) in [7, 11) is -3.92. The number of sulfonamides is 1. The summed E-state index contributed by atoms with van der Waals surface area (Å²) >= 11 is 0. The van der Waals surface area contributed by atoms with Gasteiger partial charge in [0.2, 0.25) is 10.0 Å². The van der Waals surface area contributed by atoms with Crippen LogP contribution in [-0.4, -0.2) is 38.1 Å². The first-order valence-corrected chi connectivity index (χ1v) is 13.1. The predicted molar refractivity (Wildman–Crippen MR) is 138 cm³/mol. The number of fused-ring (bicyclic) bond motifs is 2. The highest BCUT2D eigenvalue weighted by atomic mass is 32.2. The maximum atomic E-state index is 13.3. The van der Waals surface area contributed by atoms with E-state index in [1.54, 1.807) is 53.4 Å². The molecule has 0 fully saturated rings. The first-order valence-electron chi connectivity index (χ1n) is 11.2. The molecule has 0 radical (unpaired) electrons. The molecule has 9 heteroatoms. The number of hydrogen-bond donors (Lipinski definition) is 0. The number of amides is 2. The molecule has 1 aromatic heterocycles. The van der Waals surface area contributed by atoms with Gasteiger partial charge in [-0.1, -0.05) is 30.3 Å². The van der Waals surface area contributed by atoms with Crippen molar-refractivity contribution < 1.29 is 22.7 Å². The number of hydrogen-bond acceptors (Lipinski definition) is 6. The summed E-state index contributed by atoms with van der Waals surface area (Å²) in [6, 6.07) is 22.4. The van der Waals surface area contributed by atoms with Gasteiger partial charge in [0.05, 0.1) is 29.7 Å². The number of nitrogens with zero attached hydrogens (tertiary/aromatic N) is 3. The highest BCUT2D eigenvalue weighted by Crippen LogP contribution is 2.32. The van der Waals surface area contributed by atoms with Crippen molar-refractivity contribution in [3.63, 3.8) is 0 Å². The number of aryl methyl sites for hydroxylation is 1. The molecule has 3 aromatic carbocycles. The van der Waals surface area contributed by atoms with E-state index in [1.807, 2.05) is 37.3 Å². The van der Waals surface area contributed by atoms with Crippen LogP contribution in [-0.2, 0) is 21.4 Å². The minimum absolute atomic E-state index is 0.0439. The fraction of sp³-hybridized carbons (Fsp3) is 0.148. The molecule has 1 aliphatic heterocycles.